The summed E-state index contributed by atoms with van der Waals surface area (Å²) in [5.41, 5.74) is 1.65. The number of ether oxygens (including phenoxy) is 1. The van der Waals surface area contributed by atoms with Gasteiger partial charge in [-0.25, -0.2) is 19.2 Å². The third-order valence-corrected chi connectivity index (χ3v) is 4.17. The van der Waals surface area contributed by atoms with E-state index in [1.165, 1.54) is 30.1 Å². The molecule has 7 nitrogen and oxygen atoms in total. The van der Waals surface area contributed by atoms with E-state index in [9.17, 15) is 9.18 Å². The molecule has 0 atom stereocenters. The Labute approximate surface area is 147 Å². The molecule has 3 aromatic heterocycles. The summed E-state index contributed by atoms with van der Waals surface area (Å²) in [7, 11) is 1.41. The zero-order chi connectivity index (χ0) is 18.3. The maximum atomic E-state index is 14.7. The summed E-state index contributed by atoms with van der Waals surface area (Å²) in [6, 6.07) is 8.26. The fourth-order valence-corrected chi connectivity index (χ4v) is 2.93. The van der Waals surface area contributed by atoms with E-state index in [0.29, 0.717) is 22.3 Å². The molecular weight excluding hydrogens is 337 g/mol. The topological polar surface area (TPSA) is 74.3 Å². The number of hydrogen-bond acceptors (Lipinski definition) is 5. The number of rotatable bonds is 3. The molecule has 3 heterocycles. The average molecular weight is 351 g/mol. The van der Waals surface area contributed by atoms with Crippen molar-refractivity contribution < 1.29 is 9.13 Å². The Morgan fingerprint density at radius 1 is 1.12 bits per heavy atom. The zero-order valence-corrected chi connectivity index (χ0v) is 14.0. The first-order chi connectivity index (χ1) is 12.6. The molecule has 0 N–H and O–H groups in total. The fourth-order valence-electron chi connectivity index (χ4n) is 2.93. The molecule has 0 unspecified atom stereocenters. The molecule has 0 aliphatic heterocycles. The molecule has 0 spiro atoms. The molecule has 0 aliphatic rings. The lowest BCUT2D eigenvalue weighted by molar-refractivity contribution is 0.387. The van der Waals surface area contributed by atoms with Gasteiger partial charge in [-0.2, -0.15) is 5.10 Å². The van der Waals surface area contributed by atoms with E-state index < -0.39 is 11.5 Å². The molecular formula is C18H14FN5O2. The van der Waals surface area contributed by atoms with Crippen LogP contribution in [0.2, 0.25) is 0 Å². The van der Waals surface area contributed by atoms with E-state index in [0.717, 1.165) is 4.68 Å². The lowest BCUT2D eigenvalue weighted by atomic mass is 10.1. The molecule has 4 aromatic rings. The number of aryl methyl sites for hydroxylation is 1. The van der Waals surface area contributed by atoms with Crippen LogP contribution in [0.4, 0.5) is 4.39 Å². The van der Waals surface area contributed by atoms with Crippen LogP contribution in [0.15, 0.2) is 53.7 Å². The normalized spacial score (nSPS) is 11.0. The second-order valence-corrected chi connectivity index (χ2v) is 5.61. The van der Waals surface area contributed by atoms with Gasteiger partial charge >= 0.3 is 5.69 Å². The third kappa shape index (κ3) is 2.34. The minimum atomic E-state index is -0.478. The maximum Gasteiger partial charge on any atom is 0.356 e. The van der Waals surface area contributed by atoms with Crippen molar-refractivity contribution in [3.8, 4) is 22.8 Å². The van der Waals surface area contributed by atoms with Crippen LogP contribution in [0.25, 0.3) is 22.6 Å². The summed E-state index contributed by atoms with van der Waals surface area (Å²) in [6.45, 7) is 1.75. The van der Waals surface area contributed by atoms with Crippen LogP contribution in [-0.2, 0) is 0 Å². The van der Waals surface area contributed by atoms with Crippen LogP contribution in [0.3, 0.4) is 0 Å². The van der Waals surface area contributed by atoms with Crippen molar-refractivity contribution in [1.82, 2.24) is 24.1 Å². The Balaban J connectivity index is 1.97. The number of fused-ring (bicyclic) bond motifs is 1. The van der Waals surface area contributed by atoms with Crippen molar-refractivity contribution in [2.75, 3.05) is 7.11 Å². The van der Waals surface area contributed by atoms with Gasteiger partial charge in [-0.15, -0.1) is 4.68 Å². The maximum absolute atomic E-state index is 14.7. The van der Waals surface area contributed by atoms with Gasteiger partial charge in [-0.1, -0.05) is 12.1 Å². The smallest absolute Gasteiger partial charge is 0.356 e. The predicted octanol–water partition coefficient (Wildman–Crippen LogP) is 2.40. The summed E-state index contributed by atoms with van der Waals surface area (Å²) in [6.07, 6.45) is 4.58. The van der Waals surface area contributed by atoms with Gasteiger partial charge in [0, 0.05) is 29.2 Å². The van der Waals surface area contributed by atoms with Crippen molar-refractivity contribution in [2.24, 2.45) is 0 Å². The monoisotopic (exact) mass is 351 g/mol. The van der Waals surface area contributed by atoms with Gasteiger partial charge in [-0.05, 0) is 25.1 Å². The molecule has 0 aliphatic carbocycles. The first-order valence-electron chi connectivity index (χ1n) is 7.82. The van der Waals surface area contributed by atoms with Crippen molar-refractivity contribution in [2.45, 2.75) is 6.92 Å². The Bertz CT molecular complexity index is 1170. The van der Waals surface area contributed by atoms with E-state index in [1.807, 2.05) is 0 Å². The van der Waals surface area contributed by atoms with Crippen LogP contribution in [0, 0.1) is 12.7 Å². The van der Waals surface area contributed by atoms with Crippen molar-refractivity contribution >= 4 is 5.52 Å². The van der Waals surface area contributed by atoms with Gasteiger partial charge in [0.15, 0.2) is 11.6 Å². The number of hydrogen-bond donors (Lipinski definition) is 0. The lowest BCUT2D eigenvalue weighted by Crippen LogP contribution is -2.29. The molecule has 130 valence electrons. The second kappa shape index (κ2) is 6.07. The molecule has 1 aromatic carbocycles. The summed E-state index contributed by atoms with van der Waals surface area (Å²) < 4.78 is 22.3. The molecule has 0 bridgehead atoms. The third-order valence-electron chi connectivity index (χ3n) is 4.17. The minimum Gasteiger partial charge on any atom is -0.494 e. The summed E-state index contributed by atoms with van der Waals surface area (Å²) in [4.78, 5) is 21.0. The van der Waals surface area contributed by atoms with E-state index in [2.05, 4.69) is 15.1 Å². The van der Waals surface area contributed by atoms with Crippen molar-refractivity contribution in [1.29, 1.82) is 0 Å². The summed E-state index contributed by atoms with van der Waals surface area (Å²) in [5.74, 6) is -0.166. The minimum absolute atomic E-state index is 0.144. The van der Waals surface area contributed by atoms with E-state index in [-0.39, 0.29) is 11.7 Å². The first kappa shape index (κ1) is 15.9. The standard InChI is InChI=1S/C18H14FN5O2/c1-11-14(13-5-3-6-15(26-2)16(13)19)9-12-10-22-24(18(25)23(11)12)17-20-7-4-8-21-17/h3-10H,1-2H3. The van der Waals surface area contributed by atoms with Gasteiger partial charge < -0.3 is 4.74 Å². The van der Waals surface area contributed by atoms with Crippen LogP contribution < -0.4 is 10.4 Å². The SMILES string of the molecule is COc1cccc(-c2cc3cnn(-c4ncccn4)c(=O)n3c2C)c1F. The number of benzene rings is 1. The van der Waals surface area contributed by atoms with E-state index >= 15 is 0 Å². The lowest BCUT2D eigenvalue weighted by Gasteiger charge is -2.07. The highest BCUT2D eigenvalue weighted by atomic mass is 19.1. The second-order valence-electron chi connectivity index (χ2n) is 5.61. The Kier molecular flexibility index (Phi) is 3.72. The molecule has 26 heavy (non-hydrogen) atoms. The van der Waals surface area contributed by atoms with Gasteiger partial charge in [-0.3, -0.25) is 4.40 Å². The molecule has 4 rings (SSSR count). The summed E-state index contributed by atoms with van der Waals surface area (Å²) in [5, 5.41) is 4.12. The van der Waals surface area contributed by atoms with Gasteiger partial charge in [0.2, 0.25) is 0 Å². The Hall–Kier alpha value is -3.55. The van der Waals surface area contributed by atoms with E-state index in [1.54, 1.807) is 37.3 Å². The van der Waals surface area contributed by atoms with Gasteiger partial charge in [0.1, 0.15) is 0 Å². The largest absolute Gasteiger partial charge is 0.494 e. The highest BCUT2D eigenvalue weighted by Gasteiger charge is 2.18. The first-order valence-corrected chi connectivity index (χ1v) is 7.82. The van der Waals surface area contributed by atoms with E-state index in [4.69, 9.17) is 4.74 Å². The number of aromatic nitrogens is 5. The molecule has 8 heteroatoms. The number of methoxy groups -OCH3 is 1. The van der Waals surface area contributed by atoms with Crippen LogP contribution >= 0.6 is 0 Å². The number of nitrogens with zero attached hydrogens (tertiary/aromatic N) is 5. The molecule has 0 fully saturated rings. The summed E-state index contributed by atoms with van der Waals surface area (Å²) >= 11 is 0. The highest BCUT2D eigenvalue weighted by Crippen LogP contribution is 2.32. The quantitative estimate of drug-likeness (QED) is 0.567. The Morgan fingerprint density at radius 3 is 2.62 bits per heavy atom. The van der Waals surface area contributed by atoms with Gasteiger partial charge in [0.25, 0.3) is 5.95 Å². The molecule has 0 amide bonds. The molecule has 0 radical (unpaired) electrons. The van der Waals surface area contributed by atoms with Crippen molar-refractivity contribution in [3.05, 3.63) is 70.9 Å². The molecule has 0 saturated carbocycles. The predicted molar refractivity (Wildman–Crippen MR) is 93.1 cm³/mol. The van der Waals surface area contributed by atoms with Crippen LogP contribution in [0.1, 0.15) is 5.69 Å². The number of halogens is 1. The van der Waals surface area contributed by atoms with Gasteiger partial charge in [0.05, 0.1) is 18.8 Å². The zero-order valence-electron chi connectivity index (χ0n) is 14.0. The van der Waals surface area contributed by atoms with Crippen LogP contribution in [0.5, 0.6) is 5.75 Å². The van der Waals surface area contributed by atoms with Crippen molar-refractivity contribution in [3.63, 3.8) is 0 Å². The molecule has 0 saturated heterocycles. The van der Waals surface area contributed by atoms with Crippen LogP contribution in [-0.4, -0.2) is 31.3 Å². The Morgan fingerprint density at radius 2 is 1.88 bits per heavy atom. The fraction of sp³-hybridized carbons (Fsp3) is 0.111. The average Bonchev–Trinajstić information content (AvgIpc) is 3.00. The highest BCUT2D eigenvalue weighted by molar-refractivity contribution is 5.74.